The molecule has 1 fully saturated rings. The maximum absolute atomic E-state index is 5.54. The summed E-state index contributed by atoms with van der Waals surface area (Å²) in [5.74, 6) is 0.972. The van der Waals surface area contributed by atoms with Crippen molar-refractivity contribution in [3.8, 4) is 5.75 Å². The number of benzene rings is 2. The molecule has 1 aliphatic rings. The molecule has 2 unspecified atom stereocenters. The van der Waals surface area contributed by atoms with Crippen LogP contribution in [0.25, 0.3) is 0 Å². The lowest BCUT2D eigenvalue weighted by Gasteiger charge is -2.34. The van der Waals surface area contributed by atoms with Crippen molar-refractivity contribution in [1.82, 2.24) is 10.6 Å². The van der Waals surface area contributed by atoms with E-state index in [1.165, 1.54) is 29.5 Å². The largest absolute Gasteiger partial charge is 0.496 e. The Balaban J connectivity index is 1.72. The number of piperidine rings is 1. The van der Waals surface area contributed by atoms with Crippen LogP contribution >= 0.6 is 0 Å². The summed E-state index contributed by atoms with van der Waals surface area (Å²) in [4.78, 5) is 0. The highest BCUT2D eigenvalue weighted by molar-refractivity contribution is 5.37. The monoisotopic (exact) mass is 324 g/mol. The van der Waals surface area contributed by atoms with Crippen molar-refractivity contribution in [2.45, 2.75) is 44.8 Å². The van der Waals surface area contributed by atoms with Gasteiger partial charge in [-0.1, -0.05) is 49.4 Å². The summed E-state index contributed by atoms with van der Waals surface area (Å²) >= 11 is 0. The molecule has 0 spiro atoms. The molecule has 128 valence electrons. The average Bonchev–Trinajstić information content (AvgIpc) is 2.67. The van der Waals surface area contributed by atoms with Crippen LogP contribution in [-0.4, -0.2) is 19.7 Å². The Morgan fingerprint density at radius 1 is 1.17 bits per heavy atom. The van der Waals surface area contributed by atoms with Gasteiger partial charge < -0.3 is 15.4 Å². The molecule has 3 nitrogen and oxygen atoms in total. The van der Waals surface area contributed by atoms with E-state index in [1.807, 2.05) is 0 Å². The van der Waals surface area contributed by atoms with Crippen LogP contribution in [0.4, 0.5) is 0 Å². The SMILES string of the molecule is CCc1ccc(OC)c(CNC2CCCNC2c2ccccc2)c1. The van der Waals surface area contributed by atoms with Crippen molar-refractivity contribution in [3.63, 3.8) is 0 Å². The van der Waals surface area contributed by atoms with Crippen LogP contribution in [-0.2, 0) is 13.0 Å². The molecule has 1 aliphatic heterocycles. The lowest BCUT2D eigenvalue weighted by atomic mass is 9.92. The number of nitrogens with one attached hydrogen (secondary N) is 2. The molecule has 1 heterocycles. The van der Waals surface area contributed by atoms with Crippen LogP contribution in [0.1, 0.15) is 42.5 Å². The lowest BCUT2D eigenvalue weighted by molar-refractivity contribution is 0.303. The van der Waals surface area contributed by atoms with Crippen LogP contribution < -0.4 is 15.4 Å². The van der Waals surface area contributed by atoms with Crippen molar-refractivity contribution in [2.75, 3.05) is 13.7 Å². The van der Waals surface area contributed by atoms with E-state index in [-0.39, 0.29) is 0 Å². The van der Waals surface area contributed by atoms with Gasteiger partial charge in [-0.15, -0.1) is 0 Å². The van der Waals surface area contributed by atoms with E-state index in [0.29, 0.717) is 12.1 Å². The summed E-state index contributed by atoms with van der Waals surface area (Å²) in [5.41, 5.74) is 3.96. The molecule has 2 atom stereocenters. The fourth-order valence-electron chi connectivity index (χ4n) is 3.55. The molecule has 2 N–H and O–H groups in total. The zero-order chi connectivity index (χ0) is 16.8. The van der Waals surface area contributed by atoms with Crippen molar-refractivity contribution >= 4 is 0 Å². The number of ether oxygens (including phenoxy) is 1. The highest BCUT2D eigenvalue weighted by Gasteiger charge is 2.25. The van der Waals surface area contributed by atoms with Gasteiger partial charge in [0.1, 0.15) is 5.75 Å². The molecule has 24 heavy (non-hydrogen) atoms. The van der Waals surface area contributed by atoms with Gasteiger partial charge in [-0.05, 0) is 43.0 Å². The number of methoxy groups -OCH3 is 1. The first-order chi connectivity index (χ1) is 11.8. The van der Waals surface area contributed by atoms with Gasteiger partial charge in [0.25, 0.3) is 0 Å². The van der Waals surface area contributed by atoms with Crippen molar-refractivity contribution in [3.05, 3.63) is 65.2 Å². The Morgan fingerprint density at radius 3 is 2.75 bits per heavy atom. The molecule has 1 saturated heterocycles. The number of hydrogen-bond acceptors (Lipinski definition) is 3. The topological polar surface area (TPSA) is 33.3 Å². The van der Waals surface area contributed by atoms with E-state index in [1.54, 1.807) is 7.11 Å². The highest BCUT2D eigenvalue weighted by Crippen LogP contribution is 2.25. The number of hydrogen-bond donors (Lipinski definition) is 2. The summed E-state index contributed by atoms with van der Waals surface area (Å²) in [6.07, 6.45) is 3.46. The molecule has 0 aliphatic carbocycles. The second-order valence-electron chi connectivity index (χ2n) is 6.47. The number of rotatable bonds is 6. The van der Waals surface area contributed by atoms with E-state index >= 15 is 0 Å². The first-order valence-electron chi connectivity index (χ1n) is 8.99. The molecule has 0 saturated carbocycles. The average molecular weight is 324 g/mol. The first-order valence-corrected chi connectivity index (χ1v) is 8.99. The summed E-state index contributed by atoms with van der Waals surface area (Å²) in [7, 11) is 1.75. The van der Waals surface area contributed by atoms with Crippen molar-refractivity contribution < 1.29 is 4.74 Å². The molecule has 0 aromatic heterocycles. The molecular formula is C21H28N2O. The van der Waals surface area contributed by atoms with E-state index in [2.05, 4.69) is 66.1 Å². The maximum Gasteiger partial charge on any atom is 0.123 e. The van der Waals surface area contributed by atoms with Gasteiger partial charge in [-0.3, -0.25) is 0 Å². The van der Waals surface area contributed by atoms with Gasteiger partial charge >= 0.3 is 0 Å². The Labute approximate surface area is 145 Å². The zero-order valence-corrected chi connectivity index (χ0v) is 14.7. The van der Waals surface area contributed by atoms with Crippen LogP contribution in [0.3, 0.4) is 0 Å². The van der Waals surface area contributed by atoms with Crippen LogP contribution in [0.5, 0.6) is 5.75 Å². The quantitative estimate of drug-likeness (QED) is 0.847. The third-order valence-electron chi connectivity index (χ3n) is 4.92. The van der Waals surface area contributed by atoms with Crippen LogP contribution in [0.15, 0.2) is 48.5 Å². The number of aryl methyl sites for hydroxylation is 1. The van der Waals surface area contributed by atoms with Crippen molar-refractivity contribution in [1.29, 1.82) is 0 Å². The third-order valence-corrected chi connectivity index (χ3v) is 4.92. The van der Waals surface area contributed by atoms with Gasteiger partial charge in [-0.25, -0.2) is 0 Å². The first kappa shape index (κ1) is 17.0. The Morgan fingerprint density at radius 2 is 2.00 bits per heavy atom. The van der Waals surface area contributed by atoms with Crippen LogP contribution in [0, 0.1) is 0 Å². The normalized spacial score (nSPS) is 20.8. The van der Waals surface area contributed by atoms with E-state index in [4.69, 9.17) is 4.74 Å². The molecule has 2 aromatic carbocycles. The minimum Gasteiger partial charge on any atom is -0.496 e. The van der Waals surface area contributed by atoms with E-state index < -0.39 is 0 Å². The predicted octanol–water partition coefficient (Wildman–Crippen LogP) is 3.84. The van der Waals surface area contributed by atoms with Gasteiger partial charge in [0.2, 0.25) is 0 Å². The van der Waals surface area contributed by atoms with Crippen LogP contribution in [0.2, 0.25) is 0 Å². The van der Waals surface area contributed by atoms with Gasteiger partial charge in [0, 0.05) is 24.2 Å². The smallest absolute Gasteiger partial charge is 0.123 e. The second kappa shape index (κ2) is 8.32. The summed E-state index contributed by atoms with van der Waals surface area (Å²) in [5, 5.41) is 7.45. The second-order valence-corrected chi connectivity index (χ2v) is 6.47. The standard InChI is InChI=1S/C21H28N2O/c1-3-16-11-12-20(24-2)18(14-16)15-23-19-10-7-13-22-21(19)17-8-5-4-6-9-17/h4-6,8-9,11-12,14,19,21-23H,3,7,10,13,15H2,1-2H3. The minimum atomic E-state index is 0.375. The molecule has 3 rings (SSSR count). The van der Waals surface area contributed by atoms with Gasteiger partial charge in [0.05, 0.1) is 7.11 Å². The molecular weight excluding hydrogens is 296 g/mol. The fourth-order valence-corrected chi connectivity index (χ4v) is 3.55. The van der Waals surface area contributed by atoms with Gasteiger partial charge in [0.15, 0.2) is 0 Å². The van der Waals surface area contributed by atoms with Crippen molar-refractivity contribution in [2.24, 2.45) is 0 Å². The molecule has 0 radical (unpaired) electrons. The third kappa shape index (κ3) is 3.97. The Kier molecular flexibility index (Phi) is 5.89. The zero-order valence-electron chi connectivity index (χ0n) is 14.7. The molecule has 0 amide bonds. The highest BCUT2D eigenvalue weighted by atomic mass is 16.5. The summed E-state index contributed by atoms with van der Waals surface area (Å²) < 4.78 is 5.54. The minimum absolute atomic E-state index is 0.375. The maximum atomic E-state index is 5.54. The lowest BCUT2D eigenvalue weighted by Crippen LogP contribution is -2.45. The summed E-state index contributed by atoms with van der Waals surface area (Å²) in [6.45, 7) is 4.12. The predicted molar refractivity (Wildman–Crippen MR) is 99.4 cm³/mol. The molecule has 0 bridgehead atoms. The van der Waals surface area contributed by atoms with Gasteiger partial charge in [-0.2, -0.15) is 0 Å². The molecule has 3 heteroatoms. The van der Waals surface area contributed by atoms with E-state index in [0.717, 1.165) is 25.3 Å². The Hall–Kier alpha value is -1.84. The molecule has 2 aromatic rings. The summed E-state index contributed by atoms with van der Waals surface area (Å²) in [6, 6.07) is 18.1. The Bertz CT molecular complexity index is 642. The fraction of sp³-hybridized carbons (Fsp3) is 0.429. The van der Waals surface area contributed by atoms with E-state index in [9.17, 15) is 0 Å².